The van der Waals surface area contributed by atoms with Crippen LogP contribution in [0.25, 0.3) is 0 Å². The van der Waals surface area contributed by atoms with E-state index in [1.807, 2.05) is 18.3 Å². The fraction of sp³-hybridized carbons (Fsp3) is 0.393. The van der Waals surface area contributed by atoms with E-state index in [0.29, 0.717) is 37.7 Å². The van der Waals surface area contributed by atoms with Crippen molar-refractivity contribution in [3.63, 3.8) is 0 Å². The molecule has 39 heavy (non-hydrogen) atoms. The summed E-state index contributed by atoms with van der Waals surface area (Å²) in [4.78, 5) is 29.5. The van der Waals surface area contributed by atoms with E-state index in [-0.39, 0.29) is 17.4 Å². The smallest absolute Gasteiger partial charge is 0.336 e. The molecule has 1 saturated heterocycles. The molecule has 0 amide bonds. The second kappa shape index (κ2) is 12.1. The number of carbonyl (C=O) groups is 2. The molecule has 11 nitrogen and oxygen atoms in total. The maximum atomic E-state index is 11.9. The minimum absolute atomic E-state index is 0.0512. The number of nitrogens with two attached hydrogens (primary N) is 1. The second-order valence-corrected chi connectivity index (χ2v) is 9.53. The molecule has 0 radical (unpaired) electrons. The molecule has 2 atom stereocenters. The third-order valence-corrected chi connectivity index (χ3v) is 7.10. The quantitative estimate of drug-likeness (QED) is 0.295. The fourth-order valence-corrected chi connectivity index (χ4v) is 4.78. The Morgan fingerprint density at radius 3 is 2.77 bits per heavy atom. The van der Waals surface area contributed by atoms with Gasteiger partial charge in [0.25, 0.3) is 0 Å². The highest BCUT2D eigenvalue weighted by Gasteiger charge is 2.26. The Morgan fingerprint density at radius 2 is 2.08 bits per heavy atom. The number of carbonyl (C=O) groups excluding carboxylic acids is 1. The first-order valence-corrected chi connectivity index (χ1v) is 12.7. The molecule has 3 N–H and O–H groups in total. The number of morpholine rings is 1. The van der Waals surface area contributed by atoms with Crippen molar-refractivity contribution in [3.8, 4) is 11.8 Å². The van der Waals surface area contributed by atoms with Gasteiger partial charge in [-0.2, -0.15) is 10.4 Å². The molecule has 11 heteroatoms. The Hall–Kier alpha value is -4.27. The molecule has 0 saturated carbocycles. The summed E-state index contributed by atoms with van der Waals surface area (Å²) >= 11 is 0. The average Bonchev–Trinajstić information content (AvgIpc) is 2.93. The van der Waals surface area contributed by atoms with Crippen LogP contribution in [0.3, 0.4) is 0 Å². The van der Waals surface area contributed by atoms with Gasteiger partial charge in [0, 0.05) is 55.7 Å². The molecule has 0 aliphatic carbocycles. The van der Waals surface area contributed by atoms with Gasteiger partial charge in [0.05, 0.1) is 30.5 Å². The average molecular weight is 533 g/mol. The van der Waals surface area contributed by atoms with E-state index in [4.69, 9.17) is 30.4 Å². The summed E-state index contributed by atoms with van der Waals surface area (Å²) in [6.45, 7) is 6.78. The molecule has 2 aliphatic rings. The van der Waals surface area contributed by atoms with Gasteiger partial charge in [0.2, 0.25) is 0 Å². The number of esters is 1. The van der Waals surface area contributed by atoms with Crippen molar-refractivity contribution in [2.24, 2.45) is 10.8 Å². The van der Waals surface area contributed by atoms with Gasteiger partial charge < -0.3 is 25.2 Å². The van der Waals surface area contributed by atoms with Crippen LogP contribution in [0.5, 0.6) is 5.75 Å². The maximum Gasteiger partial charge on any atom is 0.336 e. The number of pyridine rings is 1. The molecular formula is C28H32N6O5. The van der Waals surface area contributed by atoms with Gasteiger partial charge in [0.15, 0.2) is 0 Å². The number of fused-ring (bicyclic) bond motifs is 1. The second-order valence-electron chi connectivity index (χ2n) is 9.53. The van der Waals surface area contributed by atoms with Crippen molar-refractivity contribution in [1.29, 1.82) is 5.26 Å². The van der Waals surface area contributed by atoms with Crippen LogP contribution in [-0.4, -0.2) is 66.1 Å². The minimum atomic E-state index is -1.27. The van der Waals surface area contributed by atoms with Gasteiger partial charge >= 0.3 is 11.9 Å². The van der Waals surface area contributed by atoms with Crippen molar-refractivity contribution in [3.05, 3.63) is 64.4 Å². The van der Waals surface area contributed by atoms with Crippen LogP contribution < -0.4 is 15.4 Å². The summed E-state index contributed by atoms with van der Waals surface area (Å²) in [7, 11) is 1.94. The van der Waals surface area contributed by atoms with Crippen molar-refractivity contribution in [2.45, 2.75) is 38.8 Å². The van der Waals surface area contributed by atoms with Crippen molar-refractivity contribution < 1.29 is 24.2 Å². The van der Waals surface area contributed by atoms with E-state index >= 15 is 0 Å². The van der Waals surface area contributed by atoms with Crippen LogP contribution in [0.4, 0.5) is 5.82 Å². The Kier molecular flexibility index (Phi) is 8.59. The van der Waals surface area contributed by atoms with Crippen molar-refractivity contribution in [1.82, 2.24) is 9.99 Å². The van der Waals surface area contributed by atoms with Crippen LogP contribution >= 0.6 is 0 Å². The van der Waals surface area contributed by atoms with E-state index in [1.54, 1.807) is 13.0 Å². The molecule has 1 fully saturated rings. The normalized spacial score (nSPS) is 17.8. The number of carboxylic acid groups (broad SMARTS) is 1. The number of aliphatic carboxylic acids is 1. The zero-order valence-electron chi connectivity index (χ0n) is 22.3. The first-order chi connectivity index (χ1) is 18.7. The van der Waals surface area contributed by atoms with E-state index in [0.717, 1.165) is 47.4 Å². The number of anilines is 1. The number of hydrogen-bond donors (Lipinski definition) is 2. The van der Waals surface area contributed by atoms with Crippen LogP contribution in [0, 0.1) is 18.3 Å². The number of aromatic nitrogens is 1. The SMILES string of the molecule is Cc1c([C@@H](N)CCC2=NN(C)C(C)c3cnc(N4CCOCC4)cc32)ccc(OC(=O)/C=C\C(=O)O)c1C#N. The van der Waals surface area contributed by atoms with Crippen molar-refractivity contribution >= 4 is 23.5 Å². The number of ether oxygens (including phenoxy) is 2. The van der Waals surface area contributed by atoms with E-state index < -0.39 is 18.0 Å². The topological polar surface area (TPSA) is 154 Å². The number of benzene rings is 1. The summed E-state index contributed by atoms with van der Waals surface area (Å²) < 4.78 is 10.7. The van der Waals surface area contributed by atoms with Crippen molar-refractivity contribution in [2.75, 3.05) is 38.3 Å². The Bertz CT molecular complexity index is 1360. The minimum Gasteiger partial charge on any atom is -0.478 e. The summed E-state index contributed by atoms with van der Waals surface area (Å²) in [5.41, 5.74) is 11.2. The molecule has 204 valence electrons. The Balaban J connectivity index is 1.53. The van der Waals surface area contributed by atoms with Gasteiger partial charge in [0.1, 0.15) is 17.6 Å². The van der Waals surface area contributed by atoms with Crippen LogP contribution in [-0.2, 0) is 14.3 Å². The number of nitrogens with zero attached hydrogens (tertiary/aromatic N) is 5. The highest BCUT2D eigenvalue weighted by atomic mass is 16.5. The molecule has 4 rings (SSSR count). The molecule has 2 aromatic rings. The lowest BCUT2D eigenvalue weighted by molar-refractivity contribution is -0.133. The molecular weight excluding hydrogens is 500 g/mol. The Morgan fingerprint density at radius 1 is 1.33 bits per heavy atom. The third kappa shape index (κ3) is 6.25. The lowest BCUT2D eigenvalue weighted by atomic mass is 9.91. The number of carboxylic acids is 1. The highest BCUT2D eigenvalue weighted by molar-refractivity contribution is 6.03. The lowest BCUT2D eigenvalue weighted by Gasteiger charge is -2.33. The standard InChI is InChI=1S/C28H32N6O5/c1-17-19(4-7-25(21(17)15-29)39-28(37)9-8-27(35)36)23(30)5-6-24-20-14-26(34-10-12-38-13-11-34)31-16-22(20)18(2)33(3)32-24/h4,7-9,14,16,18,23H,5-6,10-13,30H2,1-3H3,(H,35,36)/b9-8-/t18?,23-/m0/s1. The summed E-state index contributed by atoms with van der Waals surface area (Å²) in [6.07, 6.45) is 4.58. The molecule has 0 bridgehead atoms. The molecule has 2 aliphatic heterocycles. The van der Waals surface area contributed by atoms with Gasteiger partial charge in [-0.05, 0) is 49.9 Å². The summed E-state index contributed by atoms with van der Waals surface area (Å²) in [5.74, 6) is -1.20. The highest BCUT2D eigenvalue weighted by Crippen LogP contribution is 2.33. The number of hydrazone groups is 1. The predicted octanol–water partition coefficient (Wildman–Crippen LogP) is 2.84. The number of nitriles is 1. The number of rotatable bonds is 8. The molecule has 0 spiro atoms. The largest absolute Gasteiger partial charge is 0.478 e. The van der Waals surface area contributed by atoms with Gasteiger partial charge in [-0.15, -0.1) is 0 Å². The third-order valence-electron chi connectivity index (χ3n) is 7.10. The zero-order valence-corrected chi connectivity index (χ0v) is 22.3. The van der Waals surface area contributed by atoms with E-state index in [2.05, 4.69) is 24.0 Å². The zero-order chi connectivity index (χ0) is 28.1. The first kappa shape index (κ1) is 27.8. The molecule has 1 unspecified atom stereocenters. The fourth-order valence-electron chi connectivity index (χ4n) is 4.78. The Labute approximate surface area is 227 Å². The van der Waals surface area contributed by atoms with E-state index in [9.17, 15) is 14.9 Å². The van der Waals surface area contributed by atoms with Gasteiger partial charge in [-0.1, -0.05) is 6.07 Å². The summed E-state index contributed by atoms with van der Waals surface area (Å²) in [5, 5.41) is 25.2. The monoisotopic (exact) mass is 532 g/mol. The number of hydrogen-bond acceptors (Lipinski definition) is 10. The lowest BCUT2D eigenvalue weighted by Crippen LogP contribution is -2.37. The van der Waals surface area contributed by atoms with E-state index in [1.165, 1.54) is 6.07 Å². The molecule has 3 heterocycles. The van der Waals surface area contributed by atoms with Gasteiger partial charge in [-0.25, -0.2) is 14.6 Å². The maximum absolute atomic E-state index is 11.9. The van der Waals surface area contributed by atoms with Crippen LogP contribution in [0.1, 0.15) is 59.7 Å². The van der Waals surface area contributed by atoms with Gasteiger partial charge in [-0.3, -0.25) is 5.01 Å². The summed E-state index contributed by atoms with van der Waals surface area (Å²) in [6, 6.07) is 7.11. The predicted molar refractivity (Wildman–Crippen MR) is 144 cm³/mol. The molecule has 1 aromatic carbocycles. The van der Waals surface area contributed by atoms with Crippen LogP contribution in [0.2, 0.25) is 0 Å². The van der Waals surface area contributed by atoms with Crippen LogP contribution in [0.15, 0.2) is 41.6 Å². The molecule has 1 aromatic heterocycles. The first-order valence-electron chi connectivity index (χ1n) is 12.7.